The second kappa shape index (κ2) is 5.98. The van der Waals surface area contributed by atoms with Gasteiger partial charge in [0.15, 0.2) is 5.12 Å². The van der Waals surface area contributed by atoms with Gasteiger partial charge in [-0.05, 0) is 19.1 Å². The van der Waals surface area contributed by atoms with E-state index >= 15 is 0 Å². The van der Waals surface area contributed by atoms with Gasteiger partial charge in [0.25, 0.3) is 0 Å². The largest absolute Gasteiger partial charge is 0.389 e. The molecule has 1 aromatic rings. The number of carbonyl (C=O) groups is 1. The minimum atomic E-state index is -1.05. The molecule has 0 spiro atoms. The van der Waals surface area contributed by atoms with Crippen molar-refractivity contribution in [1.29, 1.82) is 0 Å². The van der Waals surface area contributed by atoms with Gasteiger partial charge in [-0.3, -0.25) is 9.78 Å². The summed E-state index contributed by atoms with van der Waals surface area (Å²) in [6, 6.07) is 5.23. The van der Waals surface area contributed by atoms with Crippen LogP contribution in [-0.4, -0.2) is 32.2 Å². The van der Waals surface area contributed by atoms with Gasteiger partial charge in [-0.25, -0.2) is 0 Å². The molecule has 0 saturated heterocycles. The van der Waals surface area contributed by atoms with E-state index in [1.807, 2.05) is 13.0 Å². The molecule has 2 atom stereocenters. The average Bonchev–Trinajstić information content (AvgIpc) is 2.24. The van der Waals surface area contributed by atoms with Crippen molar-refractivity contribution in [3.05, 3.63) is 29.6 Å². The Hall–Kier alpha value is -0.910. The van der Waals surface area contributed by atoms with E-state index in [-0.39, 0.29) is 10.9 Å². The summed E-state index contributed by atoms with van der Waals surface area (Å²) in [6.45, 7) is 3.24. The average molecular weight is 241 g/mol. The second-order valence-corrected chi connectivity index (χ2v) is 4.72. The normalized spacial score (nSPS) is 14.5. The fourth-order valence-electron chi connectivity index (χ4n) is 1.22. The molecule has 16 heavy (non-hydrogen) atoms. The quantitative estimate of drug-likeness (QED) is 0.825. The molecule has 0 saturated carbocycles. The third-order valence-electron chi connectivity index (χ3n) is 2.03. The Labute approximate surface area is 98.7 Å². The molecule has 2 N–H and O–H groups in total. The number of nitrogens with zero attached hydrogens (tertiary/aromatic N) is 1. The smallest absolute Gasteiger partial charge is 0.185 e. The summed E-state index contributed by atoms with van der Waals surface area (Å²) in [6.07, 6.45) is -2.03. The topological polar surface area (TPSA) is 70.4 Å². The first-order valence-electron chi connectivity index (χ1n) is 4.93. The van der Waals surface area contributed by atoms with Crippen molar-refractivity contribution in [2.75, 3.05) is 5.75 Å². The Morgan fingerprint density at radius 1 is 1.50 bits per heavy atom. The molecule has 88 valence electrons. The second-order valence-electron chi connectivity index (χ2n) is 3.52. The number of carbonyl (C=O) groups excluding carboxylic acids is 1. The van der Waals surface area contributed by atoms with E-state index < -0.39 is 12.2 Å². The first-order chi connectivity index (χ1) is 7.50. The fourth-order valence-corrected chi connectivity index (χ4v) is 1.81. The van der Waals surface area contributed by atoms with Gasteiger partial charge >= 0.3 is 0 Å². The maximum atomic E-state index is 10.7. The van der Waals surface area contributed by atoms with Gasteiger partial charge in [0, 0.05) is 18.4 Å². The van der Waals surface area contributed by atoms with Crippen LogP contribution in [0.4, 0.5) is 0 Å². The summed E-state index contributed by atoms with van der Waals surface area (Å²) in [5.74, 6) is 0.173. The molecule has 0 radical (unpaired) electrons. The van der Waals surface area contributed by atoms with Gasteiger partial charge in [-0.1, -0.05) is 17.8 Å². The van der Waals surface area contributed by atoms with E-state index in [0.717, 1.165) is 17.5 Å². The molecule has 1 rings (SSSR count). The van der Waals surface area contributed by atoms with Crippen LogP contribution >= 0.6 is 11.8 Å². The highest BCUT2D eigenvalue weighted by Gasteiger charge is 2.20. The van der Waals surface area contributed by atoms with Gasteiger partial charge in [0.2, 0.25) is 0 Å². The standard InChI is InChI=1S/C11H15NO3S/c1-7-4-3-5-9(12-7)11(15)10(14)6-16-8(2)13/h3-5,10-11,14-15H,6H2,1-2H3. The van der Waals surface area contributed by atoms with Gasteiger partial charge in [0.1, 0.15) is 6.10 Å². The summed E-state index contributed by atoms with van der Waals surface area (Å²) >= 11 is 0.990. The number of aliphatic hydroxyl groups excluding tert-OH is 2. The van der Waals surface area contributed by atoms with Crippen molar-refractivity contribution in [1.82, 2.24) is 4.98 Å². The van der Waals surface area contributed by atoms with Crippen LogP contribution in [0.5, 0.6) is 0 Å². The van der Waals surface area contributed by atoms with Gasteiger partial charge < -0.3 is 10.2 Å². The molecule has 5 heteroatoms. The Kier molecular flexibility index (Phi) is 4.92. The van der Waals surface area contributed by atoms with Crippen molar-refractivity contribution < 1.29 is 15.0 Å². The number of thioether (sulfide) groups is 1. The minimum Gasteiger partial charge on any atom is -0.389 e. The van der Waals surface area contributed by atoms with Crippen molar-refractivity contribution in [3.63, 3.8) is 0 Å². The van der Waals surface area contributed by atoms with E-state index in [1.54, 1.807) is 12.1 Å². The zero-order valence-corrected chi connectivity index (χ0v) is 10.1. The third kappa shape index (κ3) is 3.92. The van der Waals surface area contributed by atoms with Gasteiger partial charge in [0.05, 0.1) is 11.8 Å². The first kappa shape index (κ1) is 13.2. The Morgan fingerprint density at radius 3 is 2.75 bits per heavy atom. The molecule has 2 unspecified atom stereocenters. The molecule has 1 aromatic heterocycles. The molecule has 0 aliphatic heterocycles. The third-order valence-corrected chi connectivity index (χ3v) is 2.95. The van der Waals surface area contributed by atoms with Crippen LogP contribution in [0, 0.1) is 6.92 Å². The first-order valence-corrected chi connectivity index (χ1v) is 5.92. The summed E-state index contributed by atoms with van der Waals surface area (Å²) < 4.78 is 0. The number of aliphatic hydroxyl groups is 2. The lowest BCUT2D eigenvalue weighted by molar-refractivity contribution is -0.109. The fraction of sp³-hybridized carbons (Fsp3) is 0.455. The molecule has 0 aliphatic rings. The zero-order chi connectivity index (χ0) is 12.1. The van der Waals surface area contributed by atoms with Crippen LogP contribution in [0.1, 0.15) is 24.4 Å². The lowest BCUT2D eigenvalue weighted by Crippen LogP contribution is -2.22. The lowest BCUT2D eigenvalue weighted by Gasteiger charge is -2.16. The molecule has 0 amide bonds. The van der Waals surface area contributed by atoms with E-state index in [9.17, 15) is 15.0 Å². The SMILES string of the molecule is CC(=O)SCC(O)C(O)c1cccc(C)n1. The van der Waals surface area contributed by atoms with Crippen LogP contribution in [0.2, 0.25) is 0 Å². The molecular formula is C11H15NO3S. The molecule has 0 bridgehead atoms. The maximum Gasteiger partial charge on any atom is 0.185 e. The predicted octanol–water partition coefficient (Wildman–Crippen LogP) is 1.06. The number of hydrogen-bond donors (Lipinski definition) is 2. The maximum absolute atomic E-state index is 10.7. The predicted molar refractivity (Wildman–Crippen MR) is 63.1 cm³/mol. The Balaban J connectivity index is 2.62. The minimum absolute atomic E-state index is 0.0801. The van der Waals surface area contributed by atoms with Crippen LogP contribution < -0.4 is 0 Å². The summed E-state index contributed by atoms with van der Waals surface area (Å²) in [5, 5.41) is 19.4. The van der Waals surface area contributed by atoms with Gasteiger partial charge in [-0.2, -0.15) is 0 Å². The van der Waals surface area contributed by atoms with E-state index in [4.69, 9.17) is 0 Å². The van der Waals surface area contributed by atoms with Crippen molar-refractivity contribution in [2.45, 2.75) is 26.1 Å². The highest BCUT2D eigenvalue weighted by molar-refractivity contribution is 8.13. The molecule has 1 heterocycles. The number of pyridine rings is 1. The van der Waals surface area contributed by atoms with Crippen LogP contribution in [0.15, 0.2) is 18.2 Å². The number of aryl methyl sites for hydroxylation is 1. The van der Waals surface area contributed by atoms with Gasteiger partial charge in [-0.15, -0.1) is 0 Å². The Morgan fingerprint density at radius 2 is 2.19 bits per heavy atom. The van der Waals surface area contributed by atoms with E-state index in [0.29, 0.717) is 5.69 Å². The lowest BCUT2D eigenvalue weighted by atomic mass is 10.1. The number of aromatic nitrogens is 1. The van der Waals surface area contributed by atoms with Crippen LogP contribution in [-0.2, 0) is 4.79 Å². The molecule has 4 nitrogen and oxygen atoms in total. The molecule has 0 fully saturated rings. The van der Waals surface area contributed by atoms with Crippen LogP contribution in [0.25, 0.3) is 0 Å². The van der Waals surface area contributed by atoms with Crippen molar-refractivity contribution in [2.24, 2.45) is 0 Å². The highest BCUT2D eigenvalue weighted by atomic mass is 32.2. The number of rotatable bonds is 4. The van der Waals surface area contributed by atoms with Crippen molar-refractivity contribution in [3.8, 4) is 0 Å². The molecule has 0 aromatic carbocycles. The monoisotopic (exact) mass is 241 g/mol. The molecular weight excluding hydrogens is 226 g/mol. The summed E-state index contributed by atoms with van der Waals surface area (Å²) in [5.41, 5.74) is 1.21. The van der Waals surface area contributed by atoms with Crippen molar-refractivity contribution >= 4 is 16.9 Å². The summed E-state index contributed by atoms with van der Waals surface area (Å²) in [4.78, 5) is 14.8. The molecule has 0 aliphatic carbocycles. The summed E-state index contributed by atoms with van der Waals surface area (Å²) in [7, 11) is 0. The van der Waals surface area contributed by atoms with E-state index in [2.05, 4.69) is 4.98 Å². The zero-order valence-electron chi connectivity index (χ0n) is 9.25. The highest BCUT2D eigenvalue weighted by Crippen LogP contribution is 2.18. The Bertz CT molecular complexity index is 370. The van der Waals surface area contributed by atoms with Crippen LogP contribution in [0.3, 0.4) is 0 Å². The van der Waals surface area contributed by atoms with E-state index in [1.165, 1.54) is 6.92 Å². The number of hydrogen-bond acceptors (Lipinski definition) is 5.